The molecular formula is C30H39N3O6. The summed E-state index contributed by atoms with van der Waals surface area (Å²) in [6.07, 6.45) is 0.679. The molecule has 0 unspecified atom stereocenters. The number of aryl methyl sites for hydroxylation is 1. The molecule has 1 amide bonds. The predicted molar refractivity (Wildman–Crippen MR) is 148 cm³/mol. The molecule has 3 heterocycles. The van der Waals surface area contributed by atoms with E-state index in [1.807, 2.05) is 24.3 Å². The number of amides is 1. The summed E-state index contributed by atoms with van der Waals surface area (Å²) in [6.45, 7) is 13.9. The minimum atomic E-state index is -0.751. The molecule has 2 saturated heterocycles. The minimum Gasteiger partial charge on any atom is -0.507 e. The van der Waals surface area contributed by atoms with Gasteiger partial charge in [-0.05, 0) is 42.4 Å². The minimum absolute atomic E-state index is 0.0245. The van der Waals surface area contributed by atoms with Gasteiger partial charge in [-0.1, -0.05) is 45.0 Å². The molecule has 39 heavy (non-hydrogen) atoms. The largest absolute Gasteiger partial charge is 0.507 e. The van der Waals surface area contributed by atoms with Gasteiger partial charge in [0.15, 0.2) is 0 Å². The highest BCUT2D eigenvalue weighted by molar-refractivity contribution is 6.46. The van der Waals surface area contributed by atoms with Crippen molar-refractivity contribution in [2.24, 2.45) is 0 Å². The number of aliphatic hydroxyl groups excluding tert-OH is 1. The molecule has 1 aromatic heterocycles. The van der Waals surface area contributed by atoms with E-state index >= 15 is 0 Å². The van der Waals surface area contributed by atoms with Gasteiger partial charge in [-0.3, -0.25) is 14.5 Å². The van der Waals surface area contributed by atoms with Crippen molar-refractivity contribution in [1.82, 2.24) is 14.8 Å². The maximum absolute atomic E-state index is 13.5. The Morgan fingerprint density at radius 3 is 2.33 bits per heavy atom. The average Bonchev–Trinajstić information content (AvgIpc) is 3.35. The number of aromatic nitrogens is 1. The van der Waals surface area contributed by atoms with Crippen molar-refractivity contribution < 1.29 is 29.0 Å². The Bertz CT molecular complexity index is 1280. The van der Waals surface area contributed by atoms with Crippen molar-refractivity contribution in [2.75, 3.05) is 46.5 Å². The van der Waals surface area contributed by atoms with E-state index in [1.165, 1.54) is 7.11 Å². The second-order valence-electron chi connectivity index (χ2n) is 11.3. The molecule has 0 saturated carbocycles. The van der Waals surface area contributed by atoms with Gasteiger partial charge < -0.3 is 24.5 Å². The van der Waals surface area contributed by atoms with E-state index in [2.05, 4.69) is 30.7 Å². The number of nitrogens with one attached hydrogen (secondary N) is 1. The van der Waals surface area contributed by atoms with E-state index < -0.39 is 23.7 Å². The Morgan fingerprint density at radius 1 is 1.10 bits per heavy atom. The molecular weight excluding hydrogens is 498 g/mol. The number of ether oxygens (including phenoxy) is 2. The summed E-state index contributed by atoms with van der Waals surface area (Å²) in [6, 6.07) is 7.11. The zero-order valence-electron chi connectivity index (χ0n) is 23.7. The summed E-state index contributed by atoms with van der Waals surface area (Å²) in [7, 11) is 1.28. The van der Waals surface area contributed by atoms with Gasteiger partial charge in [-0.15, -0.1) is 0 Å². The van der Waals surface area contributed by atoms with Crippen LogP contribution >= 0.6 is 0 Å². The summed E-state index contributed by atoms with van der Waals surface area (Å²) in [5, 5.41) is 11.6. The number of nitrogens with zero attached hydrogens (tertiary/aromatic N) is 2. The number of hydrogen-bond donors (Lipinski definition) is 2. The summed E-state index contributed by atoms with van der Waals surface area (Å²) in [5.74, 6) is -2.24. The second-order valence-corrected chi connectivity index (χ2v) is 11.3. The van der Waals surface area contributed by atoms with Gasteiger partial charge in [0.1, 0.15) is 11.5 Å². The summed E-state index contributed by atoms with van der Waals surface area (Å²) < 4.78 is 10.3. The van der Waals surface area contributed by atoms with E-state index in [1.54, 1.807) is 18.7 Å². The molecule has 0 radical (unpaired) electrons. The molecule has 2 aliphatic rings. The number of carbonyl (C=O) groups excluding carboxylic acids is 3. The topological polar surface area (TPSA) is 112 Å². The van der Waals surface area contributed by atoms with Crippen LogP contribution in [0.2, 0.25) is 0 Å². The molecule has 2 aliphatic heterocycles. The van der Waals surface area contributed by atoms with Crippen molar-refractivity contribution in [3.63, 3.8) is 0 Å². The maximum Gasteiger partial charge on any atom is 0.354 e. The van der Waals surface area contributed by atoms with Gasteiger partial charge >= 0.3 is 5.97 Å². The predicted octanol–water partition coefficient (Wildman–Crippen LogP) is 3.86. The van der Waals surface area contributed by atoms with Gasteiger partial charge in [0, 0.05) is 37.4 Å². The van der Waals surface area contributed by atoms with Crippen LogP contribution in [0.15, 0.2) is 29.8 Å². The molecule has 0 bridgehead atoms. The Morgan fingerprint density at radius 2 is 1.74 bits per heavy atom. The van der Waals surface area contributed by atoms with Crippen molar-refractivity contribution in [3.05, 3.63) is 63.5 Å². The third kappa shape index (κ3) is 5.65. The van der Waals surface area contributed by atoms with Crippen LogP contribution in [0.4, 0.5) is 0 Å². The number of H-pyrrole nitrogens is 1. The second kappa shape index (κ2) is 11.4. The molecule has 9 heteroatoms. The Kier molecular flexibility index (Phi) is 8.32. The first-order valence-electron chi connectivity index (χ1n) is 13.4. The van der Waals surface area contributed by atoms with Crippen molar-refractivity contribution in [3.8, 4) is 0 Å². The van der Waals surface area contributed by atoms with Crippen LogP contribution in [0.5, 0.6) is 0 Å². The van der Waals surface area contributed by atoms with Crippen LogP contribution in [-0.2, 0) is 24.5 Å². The number of benzene rings is 1. The number of aromatic amines is 1. The van der Waals surface area contributed by atoms with Gasteiger partial charge in [-0.25, -0.2) is 4.79 Å². The Labute approximate surface area is 229 Å². The molecule has 9 nitrogen and oxygen atoms in total. The lowest BCUT2D eigenvalue weighted by Crippen LogP contribution is -2.39. The molecule has 210 valence electrons. The lowest BCUT2D eigenvalue weighted by Gasteiger charge is -2.29. The molecule has 1 aromatic carbocycles. The molecule has 0 aliphatic carbocycles. The number of aliphatic hydroxyl groups is 1. The highest BCUT2D eigenvalue weighted by Gasteiger charge is 2.46. The highest BCUT2D eigenvalue weighted by Crippen LogP contribution is 2.41. The van der Waals surface area contributed by atoms with E-state index in [9.17, 15) is 19.5 Å². The molecule has 2 N–H and O–H groups in total. The SMILES string of the molecule is COC(=O)c1[nH]c(C)c(C(O)=C2C(=O)C(=O)N(CCCN3CCOCC3)[C@H]2c2ccc(C(C)(C)C)cc2)c1C. The molecule has 1 atom stereocenters. The monoisotopic (exact) mass is 537 g/mol. The number of rotatable bonds is 7. The quantitative estimate of drug-likeness (QED) is 0.239. The van der Waals surface area contributed by atoms with Crippen molar-refractivity contribution in [2.45, 2.75) is 52.5 Å². The Hall–Kier alpha value is -3.43. The lowest BCUT2D eigenvalue weighted by atomic mass is 9.85. The number of ketones is 1. The van der Waals surface area contributed by atoms with E-state index in [4.69, 9.17) is 9.47 Å². The van der Waals surface area contributed by atoms with E-state index in [0.29, 0.717) is 43.0 Å². The third-order valence-electron chi connectivity index (χ3n) is 7.67. The summed E-state index contributed by atoms with van der Waals surface area (Å²) in [5.41, 5.74) is 3.31. The number of Topliss-reactive ketones (excluding diaryl/α,β-unsaturated/α-hetero) is 1. The van der Waals surface area contributed by atoms with Gasteiger partial charge in [0.05, 0.1) is 31.9 Å². The van der Waals surface area contributed by atoms with E-state index in [0.717, 1.165) is 30.8 Å². The normalized spacial score (nSPS) is 20.1. The van der Waals surface area contributed by atoms with Crippen LogP contribution in [0.25, 0.3) is 5.76 Å². The summed E-state index contributed by atoms with van der Waals surface area (Å²) in [4.78, 5) is 46.0. The number of esters is 1. The first-order valence-corrected chi connectivity index (χ1v) is 13.4. The smallest absolute Gasteiger partial charge is 0.354 e. The number of likely N-dealkylation sites (tertiary alicyclic amines) is 1. The number of carbonyl (C=O) groups is 3. The van der Waals surface area contributed by atoms with Gasteiger partial charge in [0.25, 0.3) is 11.7 Å². The van der Waals surface area contributed by atoms with Crippen LogP contribution < -0.4 is 0 Å². The Balaban J connectivity index is 1.76. The zero-order valence-corrected chi connectivity index (χ0v) is 23.7. The van der Waals surface area contributed by atoms with Crippen molar-refractivity contribution in [1.29, 1.82) is 0 Å². The number of morpholine rings is 1. The fourth-order valence-corrected chi connectivity index (χ4v) is 5.46. The van der Waals surface area contributed by atoms with Crippen LogP contribution in [-0.4, -0.2) is 84.1 Å². The maximum atomic E-state index is 13.5. The van der Waals surface area contributed by atoms with E-state index in [-0.39, 0.29) is 22.4 Å². The number of hydrogen-bond acceptors (Lipinski definition) is 7. The highest BCUT2D eigenvalue weighted by atomic mass is 16.5. The molecule has 0 spiro atoms. The fourth-order valence-electron chi connectivity index (χ4n) is 5.46. The van der Waals surface area contributed by atoms with Gasteiger partial charge in [-0.2, -0.15) is 0 Å². The van der Waals surface area contributed by atoms with Crippen LogP contribution in [0, 0.1) is 13.8 Å². The first-order chi connectivity index (χ1) is 18.5. The van der Waals surface area contributed by atoms with Crippen molar-refractivity contribution >= 4 is 23.4 Å². The van der Waals surface area contributed by atoms with Crippen LogP contribution in [0.3, 0.4) is 0 Å². The molecule has 2 aromatic rings. The zero-order chi connectivity index (χ0) is 28.5. The standard InChI is InChI=1S/C30H39N3O6/c1-18-22(19(2)31-24(18)29(37)38-6)26(34)23-25(20-8-10-21(11-9-20)30(3,4)5)33(28(36)27(23)35)13-7-12-32-14-16-39-17-15-32/h8-11,25,31,34H,7,12-17H2,1-6H3/t25-/m0/s1. The van der Waals surface area contributed by atoms with Gasteiger partial charge in [0.2, 0.25) is 0 Å². The molecule has 4 rings (SSSR count). The fraction of sp³-hybridized carbons (Fsp3) is 0.500. The summed E-state index contributed by atoms with van der Waals surface area (Å²) >= 11 is 0. The lowest BCUT2D eigenvalue weighted by molar-refractivity contribution is -0.140. The number of methoxy groups -OCH3 is 1. The molecule has 2 fully saturated rings. The third-order valence-corrected chi connectivity index (χ3v) is 7.67. The van der Waals surface area contributed by atoms with Crippen LogP contribution in [0.1, 0.15) is 71.7 Å². The first kappa shape index (κ1) is 28.6. The average molecular weight is 538 g/mol.